The maximum atomic E-state index is 9.28. The van der Waals surface area contributed by atoms with E-state index in [1.807, 2.05) is 18.2 Å². The van der Waals surface area contributed by atoms with Gasteiger partial charge in [-0.3, -0.25) is 0 Å². The van der Waals surface area contributed by atoms with Crippen LogP contribution in [0.5, 0.6) is 0 Å². The highest BCUT2D eigenvalue weighted by molar-refractivity contribution is 6.28. The number of hydrogen-bond acceptors (Lipinski definition) is 4. The summed E-state index contributed by atoms with van der Waals surface area (Å²) in [5.74, 6) is 0.906. The van der Waals surface area contributed by atoms with E-state index < -0.39 is 0 Å². The molecule has 0 saturated heterocycles. The van der Waals surface area contributed by atoms with E-state index in [0.717, 1.165) is 16.7 Å². The van der Waals surface area contributed by atoms with Gasteiger partial charge in [0.05, 0.1) is 11.6 Å². The van der Waals surface area contributed by atoms with Crippen LogP contribution in [-0.4, -0.2) is 15.0 Å². The average molecular weight is 519 g/mol. The minimum atomic E-state index is 0.104. The molecule has 0 fully saturated rings. The largest absolute Gasteiger partial charge is 0.226 e. The highest BCUT2D eigenvalue weighted by atomic mass is 35.5. The second-order valence-corrected chi connectivity index (χ2v) is 9.71. The monoisotopic (exact) mass is 518 g/mol. The van der Waals surface area contributed by atoms with Gasteiger partial charge in [-0.15, -0.1) is 0 Å². The number of fused-ring (bicyclic) bond motifs is 6. The molecule has 7 rings (SSSR count). The molecule has 39 heavy (non-hydrogen) atoms. The zero-order chi connectivity index (χ0) is 26.3. The van der Waals surface area contributed by atoms with Crippen LogP contribution in [0.15, 0.2) is 115 Å². The first-order valence-electron chi connectivity index (χ1n) is 12.5. The number of aromatic nitrogens is 3. The van der Waals surface area contributed by atoms with Gasteiger partial charge in [-0.05, 0) is 79.3 Å². The fourth-order valence-electron chi connectivity index (χ4n) is 5.26. The summed E-state index contributed by atoms with van der Waals surface area (Å²) >= 11 is 6.32. The fourth-order valence-corrected chi connectivity index (χ4v) is 5.42. The lowest BCUT2D eigenvalue weighted by molar-refractivity contribution is 1.07. The molecule has 0 aliphatic rings. The van der Waals surface area contributed by atoms with Crippen molar-refractivity contribution in [2.45, 2.75) is 0 Å². The molecule has 5 heteroatoms. The van der Waals surface area contributed by atoms with E-state index in [0.29, 0.717) is 22.8 Å². The minimum Gasteiger partial charge on any atom is -0.208 e. The number of nitriles is 1. The van der Waals surface area contributed by atoms with Gasteiger partial charge < -0.3 is 0 Å². The first-order valence-corrected chi connectivity index (χ1v) is 12.9. The Morgan fingerprint density at radius 2 is 0.974 bits per heavy atom. The van der Waals surface area contributed by atoms with Gasteiger partial charge in [-0.1, -0.05) is 91.0 Å². The van der Waals surface area contributed by atoms with Crippen molar-refractivity contribution in [2.75, 3.05) is 0 Å². The molecule has 1 aromatic heterocycles. The second kappa shape index (κ2) is 9.33. The van der Waals surface area contributed by atoms with Crippen molar-refractivity contribution in [3.8, 4) is 40.0 Å². The van der Waals surface area contributed by atoms with Crippen LogP contribution in [0, 0.1) is 11.3 Å². The minimum absolute atomic E-state index is 0.104. The first kappa shape index (κ1) is 23.0. The van der Waals surface area contributed by atoms with Crippen LogP contribution in [0.25, 0.3) is 66.2 Å². The lowest BCUT2D eigenvalue weighted by Crippen LogP contribution is -1.97. The number of benzene rings is 6. The van der Waals surface area contributed by atoms with E-state index in [2.05, 4.69) is 94.9 Å². The zero-order valence-electron chi connectivity index (χ0n) is 20.6. The van der Waals surface area contributed by atoms with Gasteiger partial charge in [0.25, 0.3) is 0 Å². The summed E-state index contributed by atoms with van der Waals surface area (Å²) in [6.45, 7) is 0. The van der Waals surface area contributed by atoms with E-state index in [9.17, 15) is 5.26 Å². The summed E-state index contributed by atoms with van der Waals surface area (Å²) in [7, 11) is 0. The Kier molecular flexibility index (Phi) is 5.51. The Labute approximate surface area is 229 Å². The highest BCUT2D eigenvalue weighted by Gasteiger charge is 2.13. The molecule has 1 heterocycles. The van der Waals surface area contributed by atoms with E-state index in [1.54, 1.807) is 18.2 Å². The fraction of sp³-hybridized carbons (Fsp3) is 0. The predicted octanol–water partition coefficient (Wildman–Crippen LogP) is 8.86. The molecule has 0 atom stereocenters. The standard InChI is InChI=1S/C34H19ClN4/c35-34-38-32(24-9-5-7-21(17-24)20-36)37-33(39-34)25-10-6-8-22(18-25)23-15-16-30-28-13-2-1-11-26(28)27-12-3-4-14-29(27)31(30)19-23/h1-19H. The van der Waals surface area contributed by atoms with E-state index in [1.165, 1.54) is 32.3 Å². The lowest BCUT2D eigenvalue weighted by Gasteiger charge is -2.12. The van der Waals surface area contributed by atoms with Crippen LogP contribution in [0.2, 0.25) is 5.28 Å². The third kappa shape index (κ3) is 4.06. The Balaban J connectivity index is 1.37. The molecule has 0 spiro atoms. The first-order chi connectivity index (χ1) is 19.2. The maximum absolute atomic E-state index is 9.28. The lowest BCUT2D eigenvalue weighted by atomic mass is 9.92. The maximum Gasteiger partial charge on any atom is 0.226 e. The van der Waals surface area contributed by atoms with Gasteiger partial charge in [0, 0.05) is 11.1 Å². The van der Waals surface area contributed by atoms with Crippen LogP contribution in [0.4, 0.5) is 0 Å². The summed E-state index contributed by atoms with van der Waals surface area (Å²) in [6.07, 6.45) is 0. The Hall–Kier alpha value is -5.11. The molecule has 182 valence electrons. The van der Waals surface area contributed by atoms with Gasteiger partial charge >= 0.3 is 0 Å². The van der Waals surface area contributed by atoms with Crippen molar-refractivity contribution < 1.29 is 0 Å². The summed E-state index contributed by atoms with van der Waals surface area (Å²) in [5.41, 5.74) is 4.23. The van der Waals surface area contributed by atoms with Crippen molar-refractivity contribution in [2.24, 2.45) is 0 Å². The Morgan fingerprint density at radius 1 is 0.462 bits per heavy atom. The summed E-state index contributed by atoms with van der Waals surface area (Å²) in [6, 6.07) is 41.2. The quantitative estimate of drug-likeness (QED) is 0.219. The molecule has 0 unspecified atom stereocenters. The molecule has 0 amide bonds. The van der Waals surface area contributed by atoms with E-state index in [-0.39, 0.29) is 5.28 Å². The van der Waals surface area contributed by atoms with Crippen LogP contribution >= 0.6 is 11.6 Å². The van der Waals surface area contributed by atoms with Gasteiger partial charge in [0.2, 0.25) is 5.28 Å². The normalized spacial score (nSPS) is 11.2. The summed E-state index contributed by atoms with van der Waals surface area (Å²) in [4.78, 5) is 13.4. The molecule has 0 aliphatic carbocycles. The van der Waals surface area contributed by atoms with Gasteiger partial charge in [-0.25, -0.2) is 4.98 Å². The van der Waals surface area contributed by atoms with Gasteiger partial charge in [0.1, 0.15) is 0 Å². The third-order valence-electron chi connectivity index (χ3n) is 7.06. The molecular formula is C34H19ClN4. The van der Waals surface area contributed by atoms with Gasteiger partial charge in [0.15, 0.2) is 11.6 Å². The highest BCUT2D eigenvalue weighted by Crippen LogP contribution is 2.37. The zero-order valence-corrected chi connectivity index (χ0v) is 21.4. The summed E-state index contributed by atoms with van der Waals surface area (Å²) in [5, 5.41) is 16.8. The average Bonchev–Trinajstić information content (AvgIpc) is 3.01. The predicted molar refractivity (Wildman–Crippen MR) is 158 cm³/mol. The molecule has 0 N–H and O–H groups in total. The van der Waals surface area contributed by atoms with Crippen LogP contribution in [-0.2, 0) is 0 Å². The second-order valence-electron chi connectivity index (χ2n) is 9.38. The Bertz CT molecular complexity index is 2070. The number of hydrogen-bond donors (Lipinski definition) is 0. The molecule has 0 bridgehead atoms. The molecule has 6 aromatic carbocycles. The van der Waals surface area contributed by atoms with Crippen molar-refractivity contribution in [1.82, 2.24) is 15.0 Å². The third-order valence-corrected chi connectivity index (χ3v) is 7.23. The van der Waals surface area contributed by atoms with Crippen molar-refractivity contribution >= 4 is 43.9 Å². The topological polar surface area (TPSA) is 62.5 Å². The molecule has 0 radical (unpaired) electrons. The Morgan fingerprint density at radius 3 is 1.62 bits per heavy atom. The van der Waals surface area contributed by atoms with E-state index >= 15 is 0 Å². The van der Waals surface area contributed by atoms with Crippen LogP contribution < -0.4 is 0 Å². The number of nitrogens with zero attached hydrogens (tertiary/aromatic N) is 4. The number of rotatable bonds is 3. The van der Waals surface area contributed by atoms with Gasteiger partial charge in [-0.2, -0.15) is 15.2 Å². The van der Waals surface area contributed by atoms with Crippen LogP contribution in [0.3, 0.4) is 0 Å². The molecular weight excluding hydrogens is 500 g/mol. The van der Waals surface area contributed by atoms with E-state index in [4.69, 9.17) is 16.6 Å². The molecule has 0 aliphatic heterocycles. The number of halogens is 1. The molecule has 4 nitrogen and oxygen atoms in total. The van der Waals surface area contributed by atoms with Crippen molar-refractivity contribution in [1.29, 1.82) is 5.26 Å². The molecule has 0 saturated carbocycles. The molecule has 7 aromatic rings. The summed E-state index contributed by atoms with van der Waals surface area (Å²) < 4.78 is 0. The van der Waals surface area contributed by atoms with Crippen LogP contribution in [0.1, 0.15) is 5.56 Å². The van der Waals surface area contributed by atoms with Crippen molar-refractivity contribution in [3.05, 3.63) is 126 Å². The smallest absolute Gasteiger partial charge is 0.208 e. The SMILES string of the molecule is N#Cc1cccc(-c2nc(Cl)nc(-c3cccc(-c4ccc5c6ccccc6c6ccccc6c5c4)c3)n2)c1. The van der Waals surface area contributed by atoms with Crippen molar-refractivity contribution in [3.63, 3.8) is 0 Å².